The fourth-order valence-electron chi connectivity index (χ4n) is 4.27. The van der Waals surface area contributed by atoms with Gasteiger partial charge in [-0.3, -0.25) is 0 Å². The lowest BCUT2D eigenvalue weighted by atomic mass is 10.0. The second kappa shape index (κ2) is 14.8. The number of hydrogen-bond acceptors (Lipinski definition) is 4. The van der Waals surface area contributed by atoms with Crippen LogP contribution in [0.2, 0.25) is 0 Å². The summed E-state index contributed by atoms with van der Waals surface area (Å²) in [6.45, 7) is 0.820. The van der Waals surface area contributed by atoms with Crippen LogP contribution in [0.4, 0.5) is 21.0 Å². The van der Waals surface area contributed by atoms with Gasteiger partial charge in [0.25, 0.3) is 0 Å². The van der Waals surface area contributed by atoms with Gasteiger partial charge in [-0.1, -0.05) is 48.5 Å². The quantitative estimate of drug-likeness (QED) is 0.132. The van der Waals surface area contributed by atoms with Gasteiger partial charge >= 0.3 is 24.0 Å². The van der Waals surface area contributed by atoms with Crippen LogP contribution in [-0.4, -0.2) is 47.3 Å². The van der Waals surface area contributed by atoms with Crippen molar-refractivity contribution in [2.24, 2.45) is 0 Å². The van der Waals surface area contributed by atoms with E-state index in [2.05, 4.69) is 21.3 Å². The first-order valence-electron chi connectivity index (χ1n) is 13.7. The summed E-state index contributed by atoms with van der Waals surface area (Å²) < 4.78 is 0. The maximum absolute atomic E-state index is 12.2. The number of carbonyl (C=O) groups excluding carboxylic acids is 2. The number of carboxylic acid groups (broad SMARTS) is 2. The summed E-state index contributed by atoms with van der Waals surface area (Å²) in [5.74, 6) is -1.94. The summed E-state index contributed by atoms with van der Waals surface area (Å²) in [7, 11) is 0. The van der Waals surface area contributed by atoms with Crippen LogP contribution in [0.3, 0.4) is 0 Å². The van der Waals surface area contributed by atoms with E-state index in [0.717, 1.165) is 22.3 Å². The minimum Gasteiger partial charge on any atom is -0.478 e. The summed E-state index contributed by atoms with van der Waals surface area (Å²) in [5.41, 5.74) is 5.76. The number of urea groups is 2. The highest BCUT2D eigenvalue weighted by atomic mass is 16.4. The number of amides is 4. The third-order valence-corrected chi connectivity index (χ3v) is 6.63. The Bertz CT molecular complexity index is 1430. The molecule has 0 aliphatic carbocycles. The summed E-state index contributed by atoms with van der Waals surface area (Å²) in [6, 6.07) is 27.6. The fraction of sp³-hybridized carbons (Fsp3) is 0.152. The number of nitrogens with one attached hydrogen (secondary N) is 4. The van der Waals surface area contributed by atoms with Gasteiger partial charge in [-0.2, -0.15) is 0 Å². The summed E-state index contributed by atoms with van der Waals surface area (Å²) >= 11 is 0. The molecule has 10 heteroatoms. The van der Waals surface area contributed by atoms with Gasteiger partial charge in [0.15, 0.2) is 0 Å². The van der Waals surface area contributed by atoms with Crippen LogP contribution in [-0.2, 0) is 19.3 Å². The molecule has 0 saturated heterocycles. The van der Waals surface area contributed by atoms with Gasteiger partial charge in [0.1, 0.15) is 0 Å². The van der Waals surface area contributed by atoms with Crippen molar-refractivity contribution in [2.75, 3.05) is 23.7 Å². The Balaban J connectivity index is 1.15. The zero-order chi connectivity index (χ0) is 30.6. The van der Waals surface area contributed by atoms with E-state index in [1.165, 1.54) is 0 Å². The minimum atomic E-state index is -0.971. The van der Waals surface area contributed by atoms with Crippen LogP contribution in [0.1, 0.15) is 43.0 Å². The lowest BCUT2D eigenvalue weighted by molar-refractivity contribution is 0.0686. The molecule has 0 unspecified atom stereocenters. The van der Waals surface area contributed by atoms with Crippen LogP contribution < -0.4 is 21.3 Å². The molecule has 0 saturated carbocycles. The summed E-state index contributed by atoms with van der Waals surface area (Å²) in [4.78, 5) is 46.3. The number of rotatable bonds is 12. The molecule has 0 heterocycles. The molecule has 43 heavy (non-hydrogen) atoms. The van der Waals surface area contributed by atoms with Crippen LogP contribution in [0.5, 0.6) is 0 Å². The van der Waals surface area contributed by atoms with Crippen molar-refractivity contribution >= 4 is 35.4 Å². The number of benzene rings is 4. The van der Waals surface area contributed by atoms with E-state index in [-0.39, 0.29) is 23.2 Å². The number of hydrogen-bond donors (Lipinski definition) is 6. The zero-order valence-electron chi connectivity index (χ0n) is 23.3. The average Bonchev–Trinajstić information content (AvgIpc) is 2.99. The predicted octanol–water partition coefficient (Wildman–Crippen LogP) is 5.40. The highest BCUT2D eigenvalue weighted by Gasteiger charge is 2.06. The van der Waals surface area contributed by atoms with Gasteiger partial charge in [0.2, 0.25) is 0 Å². The molecule has 0 fully saturated rings. The van der Waals surface area contributed by atoms with E-state index in [4.69, 9.17) is 10.2 Å². The van der Waals surface area contributed by atoms with Crippen molar-refractivity contribution in [1.29, 1.82) is 0 Å². The Morgan fingerprint density at radius 1 is 0.465 bits per heavy atom. The topological polar surface area (TPSA) is 157 Å². The summed E-state index contributed by atoms with van der Waals surface area (Å²) in [6.07, 6.45) is 1.84. The molecule has 220 valence electrons. The van der Waals surface area contributed by atoms with E-state index in [1.807, 2.05) is 48.5 Å². The highest BCUT2D eigenvalue weighted by Crippen LogP contribution is 2.16. The number of anilines is 2. The number of carbonyl (C=O) groups is 4. The minimum absolute atomic E-state index is 0.227. The monoisotopic (exact) mass is 580 g/mol. The fourth-order valence-corrected chi connectivity index (χ4v) is 4.27. The molecule has 0 bridgehead atoms. The second-order valence-corrected chi connectivity index (χ2v) is 9.84. The van der Waals surface area contributed by atoms with E-state index in [9.17, 15) is 19.2 Å². The first-order chi connectivity index (χ1) is 20.7. The van der Waals surface area contributed by atoms with Gasteiger partial charge in [0, 0.05) is 24.5 Å². The standard InChI is InChI=1S/C33H32N4O6/c38-30(39)26-9-1-22(2-10-26)17-19-34-32(42)36-28-13-5-24(6-14-28)21-25-7-15-29(16-8-25)37-33(43)35-20-18-23-3-11-27(12-4-23)31(40)41/h1-16H,17-21H2,(H,38,39)(H,40,41)(H2,34,36,42)(H2,35,37,43). The first-order valence-corrected chi connectivity index (χ1v) is 13.7. The van der Waals surface area contributed by atoms with Gasteiger partial charge in [-0.15, -0.1) is 0 Å². The lowest BCUT2D eigenvalue weighted by Gasteiger charge is -2.10. The number of aromatic carboxylic acids is 2. The first kappa shape index (κ1) is 30.3. The SMILES string of the molecule is O=C(NCCc1ccc(C(=O)O)cc1)Nc1ccc(Cc2ccc(NC(=O)NCCc3ccc(C(=O)O)cc3)cc2)cc1. The Morgan fingerprint density at radius 2 is 0.791 bits per heavy atom. The third kappa shape index (κ3) is 9.75. The van der Waals surface area contributed by atoms with Crippen molar-refractivity contribution in [2.45, 2.75) is 19.3 Å². The van der Waals surface area contributed by atoms with Crippen molar-refractivity contribution < 1.29 is 29.4 Å². The predicted molar refractivity (Wildman–Crippen MR) is 164 cm³/mol. The molecule has 0 spiro atoms. The Morgan fingerprint density at radius 3 is 1.12 bits per heavy atom. The Labute approximate surface area is 248 Å². The van der Waals surface area contributed by atoms with E-state index in [0.29, 0.717) is 43.7 Å². The van der Waals surface area contributed by atoms with Crippen LogP contribution in [0.25, 0.3) is 0 Å². The molecule has 0 atom stereocenters. The van der Waals surface area contributed by atoms with Crippen molar-refractivity contribution in [3.8, 4) is 0 Å². The van der Waals surface area contributed by atoms with Gasteiger partial charge in [-0.25, -0.2) is 19.2 Å². The van der Waals surface area contributed by atoms with Crippen LogP contribution in [0, 0.1) is 0 Å². The third-order valence-electron chi connectivity index (χ3n) is 6.63. The molecular formula is C33H32N4O6. The van der Waals surface area contributed by atoms with Crippen molar-refractivity contribution in [3.05, 3.63) is 130 Å². The highest BCUT2D eigenvalue weighted by molar-refractivity contribution is 5.90. The van der Waals surface area contributed by atoms with Crippen LogP contribution in [0.15, 0.2) is 97.1 Å². The molecule has 4 aromatic carbocycles. The van der Waals surface area contributed by atoms with Gasteiger partial charge in [-0.05, 0) is 90.0 Å². The van der Waals surface area contributed by atoms with Crippen molar-refractivity contribution in [3.63, 3.8) is 0 Å². The zero-order valence-corrected chi connectivity index (χ0v) is 23.3. The van der Waals surface area contributed by atoms with Crippen LogP contribution >= 0.6 is 0 Å². The molecule has 4 rings (SSSR count). The van der Waals surface area contributed by atoms with E-state index >= 15 is 0 Å². The van der Waals surface area contributed by atoms with Gasteiger partial charge < -0.3 is 31.5 Å². The molecular weight excluding hydrogens is 548 g/mol. The molecule has 0 aromatic heterocycles. The van der Waals surface area contributed by atoms with Gasteiger partial charge in [0.05, 0.1) is 11.1 Å². The van der Waals surface area contributed by atoms with Crippen molar-refractivity contribution in [1.82, 2.24) is 10.6 Å². The largest absolute Gasteiger partial charge is 0.478 e. The smallest absolute Gasteiger partial charge is 0.335 e. The Hall–Kier alpha value is -5.64. The normalized spacial score (nSPS) is 10.4. The average molecular weight is 581 g/mol. The lowest BCUT2D eigenvalue weighted by Crippen LogP contribution is -2.30. The molecule has 6 N–H and O–H groups in total. The second-order valence-electron chi connectivity index (χ2n) is 9.84. The molecule has 4 aromatic rings. The molecule has 0 aliphatic heterocycles. The number of carboxylic acids is 2. The summed E-state index contributed by atoms with van der Waals surface area (Å²) in [5, 5.41) is 29.1. The maximum Gasteiger partial charge on any atom is 0.335 e. The molecule has 0 radical (unpaired) electrons. The maximum atomic E-state index is 12.2. The molecule has 0 aliphatic rings. The van der Waals surface area contributed by atoms with E-state index in [1.54, 1.807) is 48.5 Å². The Kier molecular flexibility index (Phi) is 10.5. The van der Waals surface area contributed by atoms with E-state index < -0.39 is 11.9 Å². The molecule has 4 amide bonds. The molecule has 10 nitrogen and oxygen atoms in total.